The molecule has 1 aliphatic carbocycles. The Morgan fingerprint density at radius 2 is 2.25 bits per heavy atom. The van der Waals surface area contributed by atoms with E-state index in [1.54, 1.807) is 0 Å². The van der Waals surface area contributed by atoms with Crippen molar-refractivity contribution in [1.82, 2.24) is 10.2 Å². The molecular formula is C16H22N2OS. The zero-order valence-corrected chi connectivity index (χ0v) is 12.8. The van der Waals surface area contributed by atoms with Gasteiger partial charge in [-0.3, -0.25) is 0 Å². The second-order valence-corrected chi connectivity index (χ2v) is 6.95. The SMILES string of the molecule is C[C@H]1CCSCCN1C(=O)NC[C@H]1Cc2ccccc21. The zero-order valence-electron chi connectivity index (χ0n) is 12.0. The lowest BCUT2D eigenvalue weighted by atomic mass is 9.78. The highest BCUT2D eigenvalue weighted by Crippen LogP contribution is 2.34. The molecule has 1 aliphatic heterocycles. The van der Waals surface area contributed by atoms with Gasteiger partial charge in [0.2, 0.25) is 0 Å². The Hall–Kier alpha value is -1.16. The first kappa shape index (κ1) is 13.8. The second-order valence-electron chi connectivity index (χ2n) is 5.73. The Bertz CT molecular complexity index is 491. The van der Waals surface area contributed by atoms with E-state index in [0.29, 0.717) is 12.0 Å². The van der Waals surface area contributed by atoms with Crippen LogP contribution in [0.25, 0.3) is 0 Å². The molecule has 0 unspecified atom stereocenters. The van der Waals surface area contributed by atoms with Gasteiger partial charge in [0.15, 0.2) is 0 Å². The van der Waals surface area contributed by atoms with E-state index in [0.717, 1.165) is 31.7 Å². The van der Waals surface area contributed by atoms with E-state index in [1.807, 2.05) is 16.7 Å². The third-order valence-corrected chi connectivity index (χ3v) is 5.41. The number of nitrogens with one attached hydrogen (secondary N) is 1. The lowest BCUT2D eigenvalue weighted by molar-refractivity contribution is 0.182. The van der Waals surface area contributed by atoms with Gasteiger partial charge in [0.1, 0.15) is 0 Å². The van der Waals surface area contributed by atoms with E-state index in [1.165, 1.54) is 16.9 Å². The normalized spacial score (nSPS) is 25.4. The molecule has 0 aromatic heterocycles. The minimum atomic E-state index is 0.115. The van der Waals surface area contributed by atoms with Crippen LogP contribution in [0.1, 0.15) is 30.4 Å². The Labute approximate surface area is 125 Å². The van der Waals surface area contributed by atoms with Crippen molar-refractivity contribution in [2.75, 3.05) is 24.6 Å². The monoisotopic (exact) mass is 290 g/mol. The molecule has 2 aliphatic rings. The predicted molar refractivity (Wildman–Crippen MR) is 84.4 cm³/mol. The molecule has 20 heavy (non-hydrogen) atoms. The second kappa shape index (κ2) is 6.08. The molecule has 1 aromatic carbocycles. The summed E-state index contributed by atoms with van der Waals surface area (Å²) in [4.78, 5) is 14.3. The van der Waals surface area contributed by atoms with Gasteiger partial charge in [-0.05, 0) is 36.6 Å². The smallest absolute Gasteiger partial charge is 0.317 e. The van der Waals surface area contributed by atoms with Gasteiger partial charge in [0.25, 0.3) is 0 Å². The lowest BCUT2D eigenvalue weighted by Crippen LogP contribution is -2.47. The van der Waals surface area contributed by atoms with Gasteiger partial charge >= 0.3 is 6.03 Å². The first-order chi connectivity index (χ1) is 9.75. The van der Waals surface area contributed by atoms with Crippen molar-refractivity contribution in [3.05, 3.63) is 35.4 Å². The Kier molecular flexibility index (Phi) is 4.20. The number of amides is 2. The predicted octanol–water partition coefficient (Wildman–Crippen LogP) is 2.86. The number of carbonyl (C=O) groups is 1. The number of fused-ring (bicyclic) bond motifs is 1. The van der Waals surface area contributed by atoms with Gasteiger partial charge in [-0.1, -0.05) is 24.3 Å². The first-order valence-corrected chi connectivity index (χ1v) is 8.61. The molecule has 0 radical (unpaired) electrons. The molecule has 3 rings (SSSR count). The summed E-state index contributed by atoms with van der Waals surface area (Å²) in [5, 5.41) is 3.13. The quantitative estimate of drug-likeness (QED) is 0.908. The molecule has 1 aromatic rings. The van der Waals surface area contributed by atoms with Gasteiger partial charge in [0, 0.05) is 30.8 Å². The van der Waals surface area contributed by atoms with Gasteiger partial charge < -0.3 is 10.2 Å². The van der Waals surface area contributed by atoms with Crippen molar-refractivity contribution in [2.24, 2.45) is 0 Å². The highest BCUT2D eigenvalue weighted by atomic mass is 32.2. The highest BCUT2D eigenvalue weighted by Gasteiger charge is 2.27. The number of hydrogen-bond donors (Lipinski definition) is 1. The lowest BCUT2D eigenvalue weighted by Gasteiger charge is -2.32. The third kappa shape index (κ3) is 2.80. The maximum absolute atomic E-state index is 12.3. The van der Waals surface area contributed by atoms with Crippen LogP contribution in [0.2, 0.25) is 0 Å². The van der Waals surface area contributed by atoms with Gasteiger partial charge in [-0.25, -0.2) is 4.79 Å². The van der Waals surface area contributed by atoms with Crippen LogP contribution in [0, 0.1) is 0 Å². The number of thioether (sulfide) groups is 1. The number of carbonyl (C=O) groups excluding carboxylic acids is 1. The summed E-state index contributed by atoms with van der Waals surface area (Å²) >= 11 is 1.95. The van der Waals surface area contributed by atoms with Crippen molar-refractivity contribution < 1.29 is 4.79 Å². The molecule has 0 bridgehead atoms. The molecule has 0 spiro atoms. The molecule has 2 atom stereocenters. The van der Waals surface area contributed by atoms with Crippen LogP contribution < -0.4 is 5.32 Å². The Balaban J connectivity index is 1.53. The average Bonchev–Trinajstić information content (AvgIpc) is 2.64. The summed E-state index contributed by atoms with van der Waals surface area (Å²) in [5.41, 5.74) is 2.85. The molecule has 3 nitrogen and oxygen atoms in total. The summed E-state index contributed by atoms with van der Waals surface area (Å²) in [6.45, 7) is 3.80. The zero-order chi connectivity index (χ0) is 13.9. The molecule has 1 heterocycles. The summed E-state index contributed by atoms with van der Waals surface area (Å²) in [6.07, 6.45) is 2.20. The number of urea groups is 1. The molecule has 0 saturated carbocycles. The molecule has 1 fully saturated rings. The molecule has 2 amide bonds. The summed E-state index contributed by atoms with van der Waals surface area (Å²) in [6, 6.07) is 9.01. The van der Waals surface area contributed by atoms with Crippen molar-refractivity contribution in [3.8, 4) is 0 Å². The maximum atomic E-state index is 12.3. The average molecular weight is 290 g/mol. The van der Waals surface area contributed by atoms with Crippen molar-refractivity contribution in [3.63, 3.8) is 0 Å². The minimum absolute atomic E-state index is 0.115. The highest BCUT2D eigenvalue weighted by molar-refractivity contribution is 7.99. The summed E-state index contributed by atoms with van der Waals surface area (Å²) < 4.78 is 0. The molecule has 1 saturated heterocycles. The van der Waals surface area contributed by atoms with Crippen LogP contribution in [0.4, 0.5) is 4.79 Å². The van der Waals surface area contributed by atoms with Gasteiger partial charge in [0.05, 0.1) is 0 Å². The fourth-order valence-corrected chi connectivity index (χ4v) is 4.09. The van der Waals surface area contributed by atoms with Crippen LogP contribution >= 0.6 is 11.8 Å². The van der Waals surface area contributed by atoms with Crippen LogP contribution in [0.15, 0.2) is 24.3 Å². The Morgan fingerprint density at radius 3 is 3.10 bits per heavy atom. The number of hydrogen-bond acceptors (Lipinski definition) is 2. The van der Waals surface area contributed by atoms with Crippen molar-refractivity contribution in [2.45, 2.75) is 31.7 Å². The number of nitrogens with zero attached hydrogens (tertiary/aromatic N) is 1. The van der Waals surface area contributed by atoms with E-state index in [4.69, 9.17) is 0 Å². The van der Waals surface area contributed by atoms with E-state index >= 15 is 0 Å². The molecule has 4 heteroatoms. The fraction of sp³-hybridized carbons (Fsp3) is 0.562. The van der Waals surface area contributed by atoms with Crippen LogP contribution in [0.5, 0.6) is 0 Å². The van der Waals surface area contributed by atoms with Crippen LogP contribution in [0.3, 0.4) is 0 Å². The largest absolute Gasteiger partial charge is 0.337 e. The van der Waals surface area contributed by atoms with E-state index < -0.39 is 0 Å². The van der Waals surface area contributed by atoms with Gasteiger partial charge in [-0.2, -0.15) is 11.8 Å². The van der Waals surface area contributed by atoms with E-state index in [-0.39, 0.29) is 6.03 Å². The first-order valence-electron chi connectivity index (χ1n) is 7.45. The summed E-state index contributed by atoms with van der Waals surface area (Å²) in [5.74, 6) is 2.73. The standard InChI is InChI=1S/C16H22N2OS/c1-12-6-8-20-9-7-18(12)16(19)17-11-14-10-13-4-2-3-5-15(13)14/h2-5,12,14H,6-11H2,1H3,(H,17,19)/t12-,14+/m0/s1. The molecule has 108 valence electrons. The number of rotatable bonds is 2. The van der Waals surface area contributed by atoms with Crippen molar-refractivity contribution >= 4 is 17.8 Å². The maximum Gasteiger partial charge on any atom is 0.317 e. The molecular weight excluding hydrogens is 268 g/mol. The third-order valence-electron chi connectivity index (χ3n) is 4.41. The Morgan fingerprint density at radius 1 is 1.40 bits per heavy atom. The fourth-order valence-electron chi connectivity index (χ4n) is 3.05. The van der Waals surface area contributed by atoms with Crippen molar-refractivity contribution in [1.29, 1.82) is 0 Å². The van der Waals surface area contributed by atoms with Gasteiger partial charge in [-0.15, -0.1) is 0 Å². The number of benzene rings is 1. The topological polar surface area (TPSA) is 32.3 Å². The minimum Gasteiger partial charge on any atom is -0.337 e. The summed E-state index contributed by atoms with van der Waals surface area (Å²) in [7, 11) is 0. The van der Waals surface area contributed by atoms with Crippen LogP contribution in [-0.2, 0) is 6.42 Å². The van der Waals surface area contributed by atoms with E-state index in [2.05, 4.69) is 36.5 Å². The van der Waals surface area contributed by atoms with Crippen LogP contribution in [-0.4, -0.2) is 41.6 Å². The van der Waals surface area contributed by atoms with E-state index in [9.17, 15) is 4.79 Å². The molecule has 1 N–H and O–H groups in total.